The lowest BCUT2D eigenvalue weighted by atomic mass is 9.76. The van der Waals surface area contributed by atoms with Gasteiger partial charge in [0.25, 0.3) is 5.91 Å². The van der Waals surface area contributed by atoms with Crippen molar-refractivity contribution in [2.45, 2.75) is 37.6 Å². The Morgan fingerprint density at radius 3 is 2.40 bits per heavy atom. The van der Waals surface area contributed by atoms with E-state index in [-0.39, 0.29) is 11.4 Å². The van der Waals surface area contributed by atoms with Crippen LogP contribution in [0.4, 0.5) is 0 Å². The van der Waals surface area contributed by atoms with Crippen LogP contribution in [0.2, 0.25) is 0 Å². The highest BCUT2D eigenvalue weighted by molar-refractivity contribution is 9.09. The molecule has 20 heavy (non-hydrogen) atoms. The predicted molar refractivity (Wildman–Crippen MR) is 85.7 cm³/mol. The molecule has 0 bridgehead atoms. The van der Waals surface area contributed by atoms with Gasteiger partial charge in [0.2, 0.25) is 0 Å². The van der Waals surface area contributed by atoms with Crippen molar-refractivity contribution in [3.8, 4) is 0 Å². The molecule has 1 amide bonds. The van der Waals surface area contributed by atoms with Crippen LogP contribution in [0.15, 0.2) is 35.9 Å². The molecule has 1 aliphatic carbocycles. The third kappa shape index (κ3) is 1.95. The summed E-state index contributed by atoms with van der Waals surface area (Å²) in [6.07, 6.45) is 5.94. The van der Waals surface area contributed by atoms with Gasteiger partial charge < -0.3 is 4.90 Å². The van der Waals surface area contributed by atoms with Crippen molar-refractivity contribution in [3.05, 3.63) is 41.5 Å². The first-order chi connectivity index (χ1) is 9.70. The Hall–Kier alpha value is -1.09. The molecular weight excluding hydrogens is 314 g/mol. The fourth-order valence-corrected chi connectivity index (χ4v) is 4.60. The summed E-state index contributed by atoms with van der Waals surface area (Å²) in [5, 5.41) is 0.785. The average Bonchev–Trinajstić information content (AvgIpc) is 2.71. The van der Waals surface area contributed by atoms with Crippen LogP contribution in [-0.2, 0) is 4.79 Å². The molecule has 1 heterocycles. The van der Waals surface area contributed by atoms with Gasteiger partial charge in [0.1, 0.15) is 0 Å². The van der Waals surface area contributed by atoms with Gasteiger partial charge >= 0.3 is 0 Å². The average molecular weight is 334 g/mol. The molecule has 0 radical (unpaired) electrons. The number of halogens is 1. The number of carbonyl (C=O) groups is 1. The molecule has 1 aromatic carbocycles. The van der Waals surface area contributed by atoms with Gasteiger partial charge in [0.15, 0.2) is 0 Å². The molecule has 3 heteroatoms. The molecule has 1 saturated carbocycles. The van der Waals surface area contributed by atoms with Crippen molar-refractivity contribution in [2.75, 3.05) is 12.4 Å². The van der Waals surface area contributed by atoms with Crippen LogP contribution in [0.25, 0.3) is 5.57 Å². The summed E-state index contributed by atoms with van der Waals surface area (Å²) >= 11 is 3.64. The van der Waals surface area contributed by atoms with Gasteiger partial charge in [-0.1, -0.05) is 65.5 Å². The zero-order valence-electron chi connectivity index (χ0n) is 11.9. The molecule has 2 aliphatic rings. The van der Waals surface area contributed by atoms with Crippen molar-refractivity contribution in [1.29, 1.82) is 0 Å². The van der Waals surface area contributed by atoms with E-state index in [4.69, 9.17) is 0 Å². The predicted octanol–water partition coefficient (Wildman–Crippen LogP) is 4.01. The van der Waals surface area contributed by atoms with E-state index in [1.807, 2.05) is 42.3 Å². The zero-order valence-corrected chi connectivity index (χ0v) is 13.4. The third-order valence-corrected chi connectivity index (χ3v) is 5.46. The van der Waals surface area contributed by atoms with Gasteiger partial charge in [0, 0.05) is 18.0 Å². The highest BCUT2D eigenvalue weighted by Crippen LogP contribution is 2.48. The number of amides is 1. The smallest absolute Gasteiger partial charge is 0.254 e. The number of rotatable bonds is 2. The minimum Gasteiger partial charge on any atom is -0.332 e. The molecule has 1 aliphatic heterocycles. The van der Waals surface area contributed by atoms with E-state index in [9.17, 15) is 4.79 Å². The van der Waals surface area contributed by atoms with Crippen molar-refractivity contribution in [2.24, 2.45) is 0 Å². The standard InChI is InChI=1S/C17H20BrNO/c1-19-16(20)15(13-8-4-2-5-9-13)14(12-18)17(19)10-6-3-7-11-17/h2,4-5,8-9H,3,6-7,10-12H2,1H3. The molecule has 3 rings (SSSR count). The number of hydrogen-bond acceptors (Lipinski definition) is 1. The topological polar surface area (TPSA) is 20.3 Å². The Morgan fingerprint density at radius 1 is 1.15 bits per heavy atom. The normalized spacial score (nSPS) is 21.9. The van der Waals surface area contributed by atoms with E-state index < -0.39 is 0 Å². The third-order valence-electron chi connectivity index (χ3n) is 4.90. The fourth-order valence-electron chi connectivity index (χ4n) is 3.79. The van der Waals surface area contributed by atoms with Crippen LogP contribution in [0, 0.1) is 0 Å². The number of likely N-dealkylation sites (N-methyl/N-ethyl adjacent to an activating group) is 1. The maximum absolute atomic E-state index is 12.8. The van der Waals surface area contributed by atoms with Crippen LogP contribution in [-0.4, -0.2) is 28.7 Å². The van der Waals surface area contributed by atoms with Crippen LogP contribution >= 0.6 is 15.9 Å². The van der Waals surface area contributed by atoms with Gasteiger partial charge in [0.05, 0.1) is 5.54 Å². The molecule has 0 saturated heterocycles. The van der Waals surface area contributed by atoms with Crippen LogP contribution in [0.5, 0.6) is 0 Å². The maximum Gasteiger partial charge on any atom is 0.254 e. The number of nitrogens with zero attached hydrogens (tertiary/aromatic N) is 1. The minimum atomic E-state index is -0.0377. The molecule has 1 spiro atoms. The first kappa shape index (κ1) is 13.9. The fraction of sp³-hybridized carbons (Fsp3) is 0.471. The van der Waals surface area contributed by atoms with Gasteiger partial charge in [-0.3, -0.25) is 4.79 Å². The van der Waals surface area contributed by atoms with Crippen LogP contribution in [0.1, 0.15) is 37.7 Å². The summed E-state index contributed by atoms with van der Waals surface area (Å²) in [4.78, 5) is 14.8. The van der Waals surface area contributed by atoms with E-state index in [2.05, 4.69) is 15.9 Å². The highest BCUT2D eigenvalue weighted by atomic mass is 79.9. The summed E-state index contributed by atoms with van der Waals surface area (Å²) in [7, 11) is 1.98. The molecule has 0 N–H and O–H groups in total. The lowest BCUT2D eigenvalue weighted by Crippen LogP contribution is -2.47. The molecule has 106 valence electrons. The summed E-state index contributed by atoms with van der Waals surface area (Å²) in [6.45, 7) is 0. The molecule has 1 aromatic rings. The Kier molecular flexibility index (Phi) is 3.72. The lowest BCUT2D eigenvalue weighted by molar-refractivity contribution is -0.127. The molecular formula is C17H20BrNO. The Balaban J connectivity index is 2.14. The van der Waals surface area contributed by atoms with Gasteiger partial charge in [-0.15, -0.1) is 0 Å². The van der Waals surface area contributed by atoms with Crippen LogP contribution < -0.4 is 0 Å². The second kappa shape index (κ2) is 5.36. The number of hydrogen-bond donors (Lipinski definition) is 0. The highest BCUT2D eigenvalue weighted by Gasteiger charge is 2.49. The lowest BCUT2D eigenvalue weighted by Gasteiger charge is -2.41. The maximum atomic E-state index is 12.8. The van der Waals surface area contributed by atoms with E-state index in [0.29, 0.717) is 0 Å². The first-order valence-corrected chi connectivity index (χ1v) is 8.46. The van der Waals surface area contributed by atoms with E-state index in [0.717, 1.165) is 29.3 Å². The van der Waals surface area contributed by atoms with Crippen LogP contribution in [0.3, 0.4) is 0 Å². The molecule has 1 fully saturated rings. The second-order valence-electron chi connectivity index (χ2n) is 5.81. The molecule has 0 unspecified atom stereocenters. The summed E-state index contributed by atoms with van der Waals surface area (Å²) in [5.74, 6) is 0.188. The number of benzene rings is 1. The van der Waals surface area contributed by atoms with Gasteiger partial charge in [-0.2, -0.15) is 0 Å². The number of carbonyl (C=O) groups excluding carboxylic acids is 1. The monoisotopic (exact) mass is 333 g/mol. The summed E-state index contributed by atoms with van der Waals surface area (Å²) in [6, 6.07) is 10.1. The molecule has 0 atom stereocenters. The van der Waals surface area contributed by atoms with E-state index in [1.54, 1.807) is 0 Å². The SMILES string of the molecule is CN1C(=O)C(c2ccccc2)=C(CBr)C12CCCCC2. The van der Waals surface area contributed by atoms with Gasteiger partial charge in [-0.05, 0) is 24.0 Å². The molecule has 2 nitrogen and oxygen atoms in total. The quantitative estimate of drug-likeness (QED) is 0.749. The van der Waals surface area contributed by atoms with Crippen molar-refractivity contribution >= 4 is 27.4 Å². The zero-order chi connectivity index (χ0) is 14.2. The number of alkyl halides is 1. The van der Waals surface area contributed by atoms with Crippen molar-refractivity contribution < 1.29 is 4.79 Å². The first-order valence-electron chi connectivity index (χ1n) is 7.34. The van der Waals surface area contributed by atoms with Crippen molar-refractivity contribution in [1.82, 2.24) is 4.90 Å². The second-order valence-corrected chi connectivity index (χ2v) is 6.37. The summed E-state index contributed by atoms with van der Waals surface area (Å²) < 4.78 is 0. The Labute approximate surface area is 129 Å². The van der Waals surface area contributed by atoms with E-state index in [1.165, 1.54) is 24.8 Å². The largest absolute Gasteiger partial charge is 0.332 e. The Bertz CT molecular complexity index is 543. The summed E-state index contributed by atoms with van der Waals surface area (Å²) in [5.41, 5.74) is 3.23. The minimum absolute atomic E-state index is 0.0377. The van der Waals surface area contributed by atoms with Crippen molar-refractivity contribution in [3.63, 3.8) is 0 Å². The molecule has 0 aromatic heterocycles. The Morgan fingerprint density at radius 2 is 1.80 bits per heavy atom. The van der Waals surface area contributed by atoms with Gasteiger partial charge in [-0.25, -0.2) is 0 Å². The van der Waals surface area contributed by atoms with E-state index >= 15 is 0 Å².